The van der Waals surface area contributed by atoms with E-state index in [0.29, 0.717) is 11.6 Å². The molecule has 0 radical (unpaired) electrons. The van der Waals surface area contributed by atoms with Gasteiger partial charge in [-0.1, -0.05) is 76.2 Å². The number of imidazole rings is 2. The number of hydrogen-bond donors (Lipinski definition) is 6. The van der Waals surface area contributed by atoms with Crippen molar-refractivity contribution in [1.82, 2.24) is 30.6 Å². The van der Waals surface area contributed by atoms with E-state index in [0.717, 1.165) is 33.6 Å². The highest BCUT2D eigenvalue weighted by Gasteiger charge is 2.29. The Bertz CT molecular complexity index is 1750. The van der Waals surface area contributed by atoms with Gasteiger partial charge in [-0.2, -0.15) is 0 Å². The van der Waals surface area contributed by atoms with Gasteiger partial charge in [-0.15, -0.1) is 0 Å². The summed E-state index contributed by atoms with van der Waals surface area (Å²) in [6.07, 6.45) is 1.14. The molecule has 2 amide bonds. The summed E-state index contributed by atoms with van der Waals surface area (Å²) in [5, 5.41) is 6.39. The molecule has 14 heteroatoms. The number of carbonyl (C=O) groups excluding carboxylic acids is 4. The van der Waals surface area contributed by atoms with Gasteiger partial charge in [0.2, 0.25) is 0 Å². The number of H-pyrrole nitrogens is 2. The molecule has 0 saturated carbocycles. The maximum absolute atomic E-state index is 12.3. The minimum atomic E-state index is -1.17. The van der Waals surface area contributed by atoms with Crippen LogP contribution in [0.3, 0.4) is 0 Å². The van der Waals surface area contributed by atoms with E-state index in [2.05, 4.69) is 35.1 Å². The molecule has 2 heterocycles. The van der Waals surface area contributed by atoms with E-state index in [9.17, 15) is 19.2 Å². The summed E-state index contributed by atoms with van der Waals surface area (Å²) in [7, 11) is 0. The molecule has 0 aliphatic heterocycles. The van der Waals surface area contributed by atoms with Crippen LogP contribution in [-0.4, -0.2) is 56.1 Å². The number of primary amides is 2. The minimum absolute atomic E-state index is 0.00114. The normalized spacial score (nSPS) is 13.9. The number of hydrogen-bond acceptors (Lipinski definition) is 10. The van der Waals surface area contributed by atoms with Crippen LogP contribution >= 0.6 is 0 Å². The zero-order valence-corrected chi connectivity index (χ0v) is 27.7. The largest absolute Gasteiger partial charge is 0.412 e. The Morgan fingerprint density at radius 3 is 1.58 bits per heavy atom. The van der Waals surface area contributed by atoms with E-state index in [1.807, 2.05) is 76.2 Å². The van der Waals surface area contributed by atoms with Crippen molar-refractivity contribution in [2.45, 2.75) is 65.7 Å². The predicted octanol–water partition coefficient (Wildman–Crippen LogP) is 4.73. The van der Waals surface area contributed by atoms with Gasteiger partial charge >= 0.3 is 24.1 Å². The van der Waals surface area contributed by atoms with E-state index in [1.54, 1.807) is 26.2 Å². The van der Waals surface area contributed by atoms with Gasteiger partial charge in [0, 0.05) is 11.1 Å². The van der Waals surface area contributed by atoms with Crippen LogP contribution in [0.1, 0.15) is 65.3 Å². The molecule has 0 fully saturated rings. The third-order valence-corrected chi connectivity index (χ3v) is 7.79. The first-order valence-electron chi connectivity index (χ1n) is 15.6. The topological polar surface area (TPSA) is 220 Å². The third-order valence-electron chi connectivity index (χ3n) is 7.79. The van der Waals surface area contributed by atoms with Crippen LogP contribution in [0.25, 0.3) is 33.6 Å². The number of nitrogens with two attached hydrogens (primary N) is 2. The summed E-state index contributed by atoms with van der Waals surface area (Å²) in [5.74, 6) is -0.419. The lowest BCUT2D eigenvalue weighted by atomic mass is 9.92. The Kier molecular flexibility index (Phi) is 11.5. The van der Waals surface area contributed by atoms with Crippen LogP contribution in [0.15, 0.2) is 60.9 Å². The highest BCUT2D eigenvalue weighted by atomic mass is 16.6. The fourth-order valence-corrected chi connectivity index (χ4v) is 5.40. The molecule has 2 aromatic carbocycles. The molecule has 0 saturated heterocycles. The molecule has 0 unspecified atom stereocenters. The second-order valence-corrected chi connectivity index (χ2v) is 12.2. The molecule has 0 bridgehead atoms. The SMILES string of the molecule is CC(C)[C@@H](N[C@@H](C)C(=O)OC(N)=O)c1ncc(-c2cccc(-c3ccccc3)c2-c2cnc([C@H](N[C@@H](C)C(=O)OC(N)=O)C(C)C)[nH]2)[nH]1. The lowest BCUT2D eigenvalue weighted by Gasteiger charge is -2.24. The average molecular weight is 659 g/mol. The van der Waals surface area contributed by atoms with Crippen LogP contribution < -0.4 is 22.1 Å². The fourth-order valence-electron chi connectivity index (χ4n) is 5.40. The molecule has 2 aromatic heterocycles. The number of nitrogens with one attached hydrogen (secondary N) is 4. The smallest absolute Gasteiger partial charge is 0.375 e. The van der Waals surface area contributed by atoms with Crippen LogP contribution in [0.2, 0.25) is 0 Å². The fraction of sp³-hybridized carbons (Fsp3) is 0.353. The van der Waals surface area contributed by atoms with Gasteiger partial charge in [0.1, 0.15) is 23.7 Å². The monoisotopic (exact) mass is 658 g/mol. The van der Waals surface area contributed by atoms with Crippen molar-refractivity contribution in [3.05, 3.63) is 72.6 Å². The van der Waals surface area contributed by atoms with Crippen molar-refractivity contribution >= 4 is 24.1 Å². The van der Waals surface area contributed by atoms with Crippen molar-refractivity contribution in [2.75, 3.05) is 0 Å². The molecule has 254 valence electrons. The summed E-state index contributed by atoms with van der Waals surface area (Å²) >= 11 is 0. The highest BCUT2D eigenvalue weighted by molar-refractivity contribution is 5.92. The van der Waals surface area contributed by atoms with Crippen molar-refractivity contribution in [3.63, 3.8) is 0 Å². The lowest BCUT2D eigenvalue weighted by molar-refractivity contribution is -0.140. The quantitative estimate of drug-likeness (QED) is 0.0856. The number of ether oxygens (including phenoxy) is 2. The van der Waals surface area contributed by atoms with E-state index < -0.39 is 48.3 Å². The number of rotatable bonds is 13. The van der Waals surface area contributed by atoms with E-state index >= 15 is 0 Å². The van der Waals surface area contributed by atoms with Crippen molar-refractivity contribution < 1.29 is 28.7 Å². The minimum Gasteiger partial charge on any atom is -0.375 e. The van der Waals surface area contributed by atoms with Crippen molar-refractivity contribution in [1.29, 1.82) is 0 Å². The standard InChI is InChI=1S/C34H42N8O6/c1-17(2)27(39-19(5)31(43)47-33(35)45)29-37-15-24(41-29)23-14-10-13-22(21-11-8-7-9-12-21)26(23)25-16-38-30(42-25)28(18(3)4)40-20(6)32(44)48-34(36)46/h7-20,27-28,39-40H,1-6H3,(H2,35,45)(H2,36,46)(H,37,41)(H,38,42)/t19-,20-,27+,28+/m0/s1. The Hall–Kier alpha value is -5.34. The first-order valence-corrected chi connectivity index (χ1v) is 15.6. The van der Waals surface area contributed by atoms with Crippen LogP contribution in [-0.2, 0) is 19.1 Å². The maximum Gasteiger partial charge on any atom is 0.412 e. The number of nitrogens with zero attached hydrogens (tertiary/aromatic N) is 2. The molecule has 14 nitrogen and oxygen atoms in total. The van der Waals surface area contributed by atoms with Crippen LogP contribution in [0.4, 0.5) is 9.59 Å². The lowest BCUT2D eigenvalue weighted by Crippen LogP contribution is -2.41. The number of esters is 2. The van der Waals surface area contributed by atoms with Gasteiger partial charge in [-0.25, -0.2) is 29.1 Å². The van der Waals surface area contributed by atoms with Gasteiger partial charge in [0.25, 0.3) is 0 Å². The van der Waals surface area contributed by atoms with Gasteiger partial charge < -0.3 is 30.9 Å². The summed E-state index contributed by atoms with van der Waals surface area (Å²) in [6, 6.07) is 13.4. The summed E-state index contributed by atoms with van der Waals surface area (Å²) in [4.78, 5) is 63.2. The van der Waals surface area contributed by atoms with E-state index in [-0.39, 0.29) is 11.8 Å². The van der Waals surface area contributed by atoms with Gasteiger partial charge in [0.05, 0.1) is 35.9 Å². The van der Waals surface area contributed by atoms with Gasteiger partial charge in [-0.05, 0) is 36.8 Å². The maximum atomic E-state index is 12.3. The molecule has 0 aliphatic rings. The molecule has 48 heavy (non-hydrogen) atoms. The summed E-state index contributed by atoms with van der Waals surface area (Å²) in [5.41, 5.74) is 15.1. The molecular weight excluding hydrogens is 616 g/mol. The van der Waals surface area contributed by atoms with Crippen LogP contribution in [0.5, 0.6) is 0 Å². The Morgan fingerprint density at radius 1 is 0.646 bits per heavy atom. The number of carbonyl (C=O) groups is 4. The van der Waals surface area contributed by atoms with Crippen LogP contribution in [0, 0.1) is 11.8 Å². The van der Waals surface area contributed by atoms with Crippen molar-refractivity contribution in [2.24, 2.45) is 23.3 Å². The van der Waals surface area contributed by atoms with Crippen molar-refractivity contribution in [3.8, 4) is 33.6 Å². The second kappa shape index (κ2) is 15.5. The summed E-state index contributed by atoms with van der Waals surface area (Å²) < 4.78 is 9.12. The first kappa shape index (κ1) is 35.5. The predicted molar refractivity (Wildman–Crippen MR) is 179 cm³/mol. The zero-order valence-electron chi connectivity index (χ0n) is 27.7. The third kappa shape index (κ3) is 8.52. The molecule has 4 rings (SSSR count). The molecule has 4 aromatic rings. The Balaban J connectivity index is 1.76. The number of aromatic nitrogens is 4. The number of amides is 2. The zero-order chi connectivity index (χ0) is 35.1. The van der Waals surface area contributed by atoms with E-state index in [4.69, 9.17) is 16.5 Å². The van der Waals surface area contributed by atoms with Gasteiger partial charge in [-0.3, -0.25) is 10.6 Å². The Morgan fingerprint density at radius 2 is 1.10 bits per heavy atom. The first-order chi connectivity index (χ1) is 22.8. The van der Waals surface area contributed by atoms with E-state index in [1.165, 1.54) is 0 Å². The average Bonchev–Trinajstić information content (AvgIpc) is 3.72. The highest BCUT2D eigenvalue weighted by Crippen LogP contribution is 2.40. The molecule has 8 N–H and O–H groups in total. The van der Waals surface area contributed by atoms with Gasteiger partial charge in [0.15, 0.2) is 0 Å². The number of benzene rings is 2. The number of aromatic amines is 2. The summed E-state index contributed by atoms with van der Waals surface area (Å²) in [6.45, 7) is 11.1. The second-order valence-electron chi connectivity index (χ2n) is 12.2. The molecule has 4 atom stereocenters. The molecule has 0 spiro atoms. The molecule has 0 aliphatic carbocycles. The molecular formula is C34H42N8O6. The Labute approximate surface area is 278 Å².